The van der Waals surface area contributed by atoms with Gasteiger partial charge in [0, 0.05) is 89.5 Å². The van der Waals surface area contributed by atoms with E-state index >= 15 is 0 Å². The van der Waals surface area contributed by atoms with Gasteiger partial charge in [0.25, 0.3) is 5.69 Å². The van der Waals surface area contributed by atoms with Crippen LogP contribution >= 0.6 is 11.6 Å². The zero-order chi connectivity index (χ0) is 91.6. The SMILES string of the molecule is C.CC1(C)CC(/C=C/C2=C([O-])c3cc4ccccc4cc3C2=O)=CC(=C/C=C2C(=O)c3cc4ccccc4cc3C2=O)/C1.C[N+](C)(C)Cc1ccc([N+](=O)[O-])cc1.O=C1C(=C/C=C/C=C/C=C/C2=C([O-])c3cc4ccccc4cc3C2=O)C(=O)c2cc3ccccc3cc21.O=C1C(=CC2=C(Cl)/C(=C/C3=C([O-])c4cc5ccccc5cc4C3=O)CC2)C(=O)c2cc3ccccc3cc21. The third kappa shape index (κ3) is 17.0. The van der Waals surface area contributed by atoms with Gasteiger partial charge in [-0.05, 0) is 244 Å². The Morgan fingerprint density at radius 3 is 1.05 bits per heavy atom. The maximum absolute atomic E-state index is 13.2. The lowest BCUT2D eigenvalue weighted by Gasteiger charge is -2.30. The fourth-order valence-corrected chi connectivity index (χ4v) is 18.4. The number of quaternary nitrogens is 1. The molecule has 16 nitrogen and oxygen atoms in total. The van der Waals surface area contributed by atoms with Crippen LogP contribution in [0, 0.1) is 15.5 Å². The molecule has 132 heavy (non-hydrogen) atoms. The number of hydrogen-bond acceptors (Lipinski definition) is 14. The quantitative estimate of drug-likeness (QED) is 0.0275. The van der Waals surface area contributed by atoms with Crippen LogP contribution < -0.4 is 15.3 Å². The van der Waals surface area contributed by atoms with Gasteiger partial charge < -0.3 is 19.8 Å². The van der Waals surface area contributed by atoms with E-state index in [1.807, 2.05) is 176 Å². The van der Waals surface area contributed by atoms with Crippen molar-refractivity contribution < 1.29 is 67.9 Å². The molecule has 646 valence electrons. The molecule has 0 bridgehead atoms. The minimum Gasteiger partial charge on any atom is -0.872 e. The van der Waals surface area contributed by atoms with Gasteiger partial charge in [0.1, 0.15) is 6.54 Å². The van der Waals surface area contributed by atoms with Crippen molar-refractivity contribution >= 4 is 151 Å². The lowest BCUT2D eigenvalue weighted by atomic mass is 9.75. The van der Waals surface area contributed by atoms with Crippen LogP contribution in [0.25, 0.3) is 81.9 Å². The van der Waals surface area contributed by atoms with E-state index in [1.54, 1.807) is 140 Å². The zero-order valence-corrected chi connectivity index (χ0v) is 72.5. The summed E-state index contributed by atoms with van der Waals surface area (Å²) < 4.78 is 0.817. The number of carbonyl (C=O) groups excluding carboxylic acids is 9. The molecule has 13 aromatic carbocycles. The first-order valence-corrected chi connectivity index (χ1v) is 43.1. The highest BCUT2D eigenvalue weighted by molar-refractivity contribution is 6.43. The fraction of sp³-hybridized carbons (Fsp3) is 0.104. The lowest BCUT2D eigenvalue weighted by molar-refractivity contribution is -0.884. The fourth-order valence-electron chi connectivity index (χ4n) is 18.1. The van der Waals surface area contributed by atoms with Gasteiger partial charge in [0.05, 0.1) is 42.8 Å². The van der Waals surface area contributed by atoms with E-state index in [9.17, 15) is 68.6 Å². The minimum atomic E-state index is -0.379. The van der Waals surface area contributed by atoms with Gasteiger partial charge in [-0.25, -0.2) is 0 Å². The second-order valence-corrected chi connectivity index (χ2v) is 35.6. The molecule has 8 aliphatic rings. The van der Waals surface area contributed by atoms with E-state index in [1.165, 1.54) is 12.2 Å². The summed E-state index contributed by atoms with van der Waals surface area (Å²) in [5, 5.41) is 60.9. The summed E-state index contributed by atoms with van der Waals surface area (Å²) in [7, 11) is 6.25. The Kier molecular flexibility index (Phi) is 23.6. The molecule has 0 amide bonds. The van der Waals surface area contributed by atoms with Crippen molar-refractivity contribution in [2.75, 3.05) is 21.1 Å². The molecule has 0 atom stereocenters. The van der Waals surface area contributed by atoms with Gasteiger partial charge in [0.15, 0.2) is 52.0 Å². The van der Waals surface area contributed by atoms with Crippen LogP contribution in [0.4, 0.5) is 5.69 Å². The number of non-ortho nitro benzene ring substituents is 1. The molecule has 8 aliphatic carbocycles. The molecule has 0 fully saturated rings. The predicted molar refractivity (Wildman–Crippen MR) is 515 cm³/mol. The number of nitro benzene ring substituents is 1. The standard InChI is InChI=1S/C38H28O4.C33H19ClO4.C33H20O4.C10H15N2O2.CH4/c1-38(2)20-22(11-13-28-34(39)30-16-24-7-3-4-8-25(24)17-31(30)35(28)40)15-23(21-38)12-14-29-36(41)32-18-26-9-5-6-10-27(26)19-33(32)37(29)42;34-29-21(15-27-30(35)23-11-17-5-1-2-6-18(17)12-24(23)31(27)36)9-10-22(29)16-28-32(37)25-13-19-7-3-4-8-20(19)14-26(25)33(28)38;34-30-24(31(35)27-17-21-11-7-6-10-20(21)16-26(27)30)14-4-2-1-3-5-15-25-32(36)28-18-22-12-8-9-13-23(22)19-29(28)33(25)37;1-12(2,3)8-9-4-6-10(7-5-9)11(13)14;/h3-19,39H,20-21H2,1-2H3;1-8,11-16,35H,9-10H2;1-19,34H;4-7H,8H2,1-3H3;1H4/q;;;+1;/p-3/b13-11+,23-12-;21-15+;2-1+,5-3+,14-4+;;. The molecule has 0 aliphatic heterocycles. The molecular weight excluding hydrogens is 1670 g/mol. The number of hydrogen-bond donors (Lipinski definition) is 0. The highest BCUT2D eigenvalue weighted by Crippen LogP contribution is 2.45. The van der Waals surface area contributed by atoms with Gasteiger partial charge in [0.2, 0.25) is 0 Å². The number of nitrogens with zero attached hydrogens (tertiary/aromatic N) is 2. The smallest absolute Gasteiger partial charge is 0.269 e. The summed E-state index contributed by atoms with van der Waals surface area (Å²) in [4.78, 5) is 127. The maximum Gasteiger partial charge on any atom is 0.269 e. The van der Waals surface area contributed by atoms with Crippen molar-refractivity contribution in [1.82, 2.24) is 0 Å². The Labute approximate surface area is 765 Å². The summed E-state index contributed by atoms with van der Waals surface area (Å²) in [6.45, 7) is 5.18. The molecule has 13 aromatic rings. The van der Waals surface area contributed by atoms with Crippen LogP contribution in [0.2, 0.25) is 0 Å². The number of carbonyl (C=O) groups is 9. The second-order valence-electron chi connectivity index (χ2n) is 35.2. The number of ketones is 9. The summed E-state index contributed by atoms with van der Waals surface area (Å²) in [5.74, 6) is -3.38. The van der Waals surface area contributed by atoms with Crippen molar-refractivity contribution in [2.45, 2.75) is 53.5 Å². The van der Waals surface area contributed by atoms with E-state index in [0.29, 0.717) is 95.8 Å². The van der Waals surface area contributed by atoms with Gasteiger partial charge in [-0.1, -0.05) is 257 Å². The first-order valence-electron chi connectivity index (χ1n) is 42.7. The van der Waals surface area contributed by atoms with Gasteiger partial charge in [-0.3, -0.25) is 53.3 Å². The van der Waals surface area contributed by atoms with Crippen LogP contribution in [0.3, 0.4) is 0 Å². The molecule has 21 rings (SSSR count). The number of rotatable bonds is 12. The topological polar surface area (TPSA) is 266 Å². The van der Waals surface area contributed by atoms with Crippen molar-refractivity contribution in [2.24, 2.45) is 5.41 Å². The first kappa shape index (κ1) is 87.9. The molecule has 0 heterocycles. The van der Waals surface area contributed by atoms with Crippen molar-refractivity contribution in [3.8, 4) is 0 Å². The average Bonchev–Trinajstić information content (AvgIpc) is 1.62. The van der Waals surface area contributed by atoms with Crippen molar-refractivity contribution in [1.29, 1.82) is 0 Å². The number of Topliss-reactive ketones (excluding diaryl/α,β-unsaturated/α-hetero) is 9. The van der Waals surface area contributed by atoms with Crippen molar-refractivity contribution in [3.05, 3.63) is 471 Å². The van der Waals surface area contributed by atoms with Crippen LogP contribution in [0.5, 0.6) is 0 Å². The maximum atomic E-state index is 13.2. The Morgan fingerprint density at radius 2 is 0.674 bits per heavy atom. The second kappa shape index (κ2) is 35.5. The van der Waals surface area contributed by atoms with Crippen LogP contribution in [-0.2, 0) is 6.54 Å². The van der Waals surface area contributed by atoms with E-state index in [0.717, 1.165) is 105 Å². The minimum absolute atomic E-state index is 0. The zero-order valence-electron chi connectivity index (χ0n) is 71.7. The van der Waals surface area contributed by atoms with E-state index in [2.05, 4.69) is 35.0 Å². The van der Waals surface area contributed by atoms with Gasteiger partial charge >= 0.3 is 0 Å². The van der Waals surface area contributed by atoms with Gasteiger partial charge in [-0.15, -0.1) is 0 Å². The molecule has 0 radical (unpaired) electrons. The summed E-state index contributed by atoms with van der Waals surface area (Å²) in [5.41, 5.74) is 10.3. The Balaban J connectivity index is 0.000000128. The number of benzene rings is 13. The summed E-state index contributed by atoms with van der Waals surface area (Å²) in [6.07, 6.45) is 26.0. The number of allylic oxidation sites excluding steroid dienone is 25. The third-order valence-electron chi connectivity index (χ3n) is 24.5. The van der Waals surface area contributed by atoms with Crippen LogP contribution in [-0.4, -0.2) is 82.6 Å². The summed E-state index contributed by atoms with van der Waals surface area (Å²) in [6, 6.07) is 73.9. The number of fused-ring (bicyclic) bond motifs is 12. The van der Waals surface area contributed by atoms with E-state index in [-0.39, 0.29) is 126 Å². The molecule has 0 spiro atoms. The molecule has 0 saturated heterocycles. The Morgan fingerprint density at radius 1 is 0.356 bits per heavy atom. The van der Waals surface area contributed by atoms with Crippen molar-refractivity contribution in [3.63, 3.8) is 0 Å². The number of nitro groups is 1. The normalized spacial score (nSPS) is 16.7. The molecule has 0 N–H and O–H groups in total. The summed E-state index contributed by atoms with van der Waals surface area (Å²) >= 11 is 6.69. The monoisotopic (exact) mass is 1750 g/mol. The number of halogens is 1. The Bertz CT molecular complexity index is 7690. The molecule has 0 saturated carbocycles. The molecule has 0 unspecified atom stereocenters. The molecule has 0 aromatic heterocycles. The Hall–Kier alpha value is -16.1. The third-order valence-corrected chi connectivity index (χ3v) is 25.0. The van der Waals surface area contributed by atoms with Gasteiger partial charge in [-0.2, -0.15) is 0 Å². The largest absolute Gasteiger partial charge is 0.872 e. The van der Waals surface area contributed by atoms with Crippen LogP contribution in [0.15, 0.2) is 388 Å². The predicted octanol–water partition coefficient (Wildman–Crippen LogP) is 22.3. The highest BCUT2D eigenvalue weighted by Gasteiger charge is 2.38. The first-order chi connectivity index (χ1) is 63.0. The molecule has 17 heteroatoms. The van der Waals surface area contributed by atoms with E-state index < -0.39 is 0 Å². The van der Waals surface area contributed by atoms with Crippen LogP contribution in [0.1, 0.15) is 162 Å². The highest BCUT2D eigenvalue weighted by atomic mass is 35.5. The average molecular weight is 1750 g/mol. The molecular formula is C115H83ClN2O14-2. The van der Waals surface area contributed by atoms with E-state index in [4.69, 9.17) is 11.6 Å². The lowest BCUT2D eigenvalue weighted by Crippen LogP contribution is -2.33.